The van der Waals surface area contributed by atoms with Gasteiger partial charge in [-0.1, -0.05) is 42.5 Å². The monoisotopic (exact) mass is 407 g/mol. The molecule has 8 heteroatoms. The number of nitrogens with two attached hydrogens (primary N) is 1. The summed E-state index contributed by atoms with van der Waals surface area (Å²) in [6.07, 6.45) is 2.64. The van der Waals surface area contributed by atoms with Crippen molar-refractivity contribution in [2.45, 2.75) is 11.4 Å². The van der Waals surface area contributed by atoms with Gasteiger partial charge < -0.3 is 5.32 Å². The maximum atomic E-state index is 10.9. The van der Waals surface area contributed by atoms with Crippen LogP contribution in [0, 0.1) is 0 Å². The Morgan fingerprint density at radius 2 is 1.93 bits per heavy atom. The van der Waals surface area contributed by atoms with E-state index in [2.05, 4.69) is 10.3 Å². The maximum Gasteiger partial charge on any atom is 0.211 e. The van der Waals surface area contributed by atoms with Crippen LogP contribution in [0.25, 0.3) is 16.4 Å². The summed E-state index contributed by atoms with van der Waals surface area (Å²) in [6, 6.07) is 18.1. The quantitative estimate of drug-likeness (QED) is 0.349. The molecule has 4 rings (SSSR count). The Morgan fingerprint density at radius 3 is 2.61 bits per heavy atom. The Kier molecular flexibility index (Phi) is 5.52. The minimum Gasteiger partial charge on any atom is -0.378 e. The molecule has 0 bridgehead atoms. The van der Waals surface area contributed by atoms with E-state index in [1.807, 2.05) is 60.8 Å². The molecule has 0 aliphatic rings. The van der Waals surface area contributed by atoms with Crippen LogP contribution in [0.15, 0.2) is 71.1 Å². The molecule has 3 N–H and O–H groups in total. The van der Waals surface area contributed by atoms with Gasteiger partial charge in [0.15, 0.2) is 6.29 Å². The van der Waals surface area contributed by atoms with Gasteiger partial charge in [0.1, 0.15) is 11.4 Å². The lowest BCUT2D eigenvalue weighted by Crippen LogP contribution is -1.99. The highest BCUT2D eigenvalue weighted by Gasteiger charge is 2.14. The van der Waals surface area contributed by atoms with E-state index in [1.165, 1.54) is 23.3 Å². The van der Waals surface area contributed by atoms with E-state index in [4.69, 9.17) is 10.2 Å². The molecule has 0 radical (unpaired) electrons. The second-order valence-electron chi connectivity index (χ2n) is 5.99. The average Bonchev–Trinajstić information content (AvgIpc) is 3.40. The fraction of sp³-hybridized carbons (Fsp3) is 0.0500. The predicted octanol–water partition coefficient (Wildman–Crippen LogP) is 4.39. The Balaban J connectivity index is 1.64. The van der Waals surface area contributed by atoms with Crippen LogP contribution < -0.4 is 10.5 Å². The second kappa shape index (κ2) is 8.39. The topological polar surface area (TPSA) is 85.8 Å². The van der Waals surface area contributed by atoms with E-state index in [0.717, 1.165) is 33.7 Å². The highest BCUT2D eigenvalue weighted by atomic mass is 32.2. The standard InChI is InChI=1S/C20H17N5OS2/c21-28-17-8-6-14(7-9-17)10-22-18-11-25(20-23-16(12-26)13-27-20)24-19(18)15-4-2-1-3-5-15/h1-9,11-13,22H,10,21H2. The Hall–Kier alpha value is -2.94. The minimum atomic E-state index is 0.407. The van der Waals surface area contributed by atoms with Crippen molar-refractivity contribution in [3.63, 3.8) is 0 Å². The third-order valence-electron chi connectivity index (χ3n) is 4.13. The van der Waals surface area contributed by atoms with Crippen LogP contribution in [0.4, 0.5) is 5.69 Å². The molecule has 0 aliphatic carbocycles. The van der Waals surface area contributed by atoms with Crippen molar-refractivity contribution >= 4 is 35.3 Å². The second-order valence-corrected chi connectivity index (χ2v) is 7.53. The molecule has 2 aromatic carbocycles. The number of thiazole rings is 1. The molecule has 0 fully saturated rings. The third-order valence-corrected chi connectivity index (χ3v) is 5.52. The number of carbonyl (C=O) groups excluding carboxylic acids is 1. The number of nitrogens with zero attached hydrogens (tertiary/aromatic N) is 3. The van der Waals surface area contributed by atoms with E-state index < -0.39 is 0 Å². The van der Waals surface area contributed by atoms with Crippen molar-refractivity contribution < 1.29 is 4.79 Å². The third kappa shape index (κ3) is 3.99. The van der Waals surface area contributed by atoms with Gasteiger partial charge in [0, 0.05) is 22.4 Å². The van der Waals surface area contributed by atoms with Crippen molar-refractivity contribution in [2.24, 2.45) is 5.14 Å². The zero-order valence-corrected chi connectivity index (χ0v) is 16.4. The van der Waals surface area contributed by atoms with Gasteiger partial charge in [0.25, 0.3) is 0 Å². The summed E-state index contributed by atoms with van der Waals surface area (Å²) in [6.45, 7) is 0.651. The van der Waals surface area contributed by atoms with Gasteiger partial charge in [-0.15, -0.1) is 11.3 Å². The molecule has 0 saturated heterocycles. The van der Waals surface area contributed by atoms with Gasteiger partial charge in [-0.3, -0.25) is 9.93 Å². The molecule has 0 amide bonds. The van der Waals surface area contributed by atoms with Crippen LogP contribution in [0.1, 0.15) is 16.1 Å². The molecule has 140 valence electrons. The van der Waals surface area contributed by atoms with Crippen LogP contribution in [0.3, 0.4) is 0 Å². The number of hydrogen-bond acceptors (Lipinski definition) is 7. The van der Waals surface area contributed by atoms with Gasteiger partial charge in [-0.25, -0.2) is 9.67 Å². The van der Waals surface area contributed by atoms with Crippen molar-refractivity contribution in [3.8, 4) is 16.4 Å². The summed E-state index contributed by atoms with van der Waals surface area (Å²) in [4.78, 5) is 16.3. The van der Waals surface area contributed by atoms with Gasteiger partial charge >= 0.3 is 0 Å². The molecular formula is C20H17N5OS2. The van der Waals surface area contributed by atoms with Crippen molar-refractivity contribution in [2.75, 3.05) is 5.32 Å². The summed E-state index contributed by atoms with van der Waals surface area (Å²) in [5.74, 6) is 0. The molecule has 0 spiro atoms. The molecule has 0 saturated carbocycles. The number of carbonyl (C=O) groups is 1. The Morgan fingerprint density at radius 1 is 1.14 bits per heavy atom. The van der Waals surface area contributed by atoms with Gasteiger partial charge in [-0.05, 0) is 29.6 Å². The first-order valence-electron chi connectivity index (χ1n) is 8.52. The summed E-state index contributed by atoms with van der Waals surface area (Å²) in [7, 11) is 0. The molecule has 2 heterocycles. The molecule has 0 atom stereocenters. The lowest BCUT2D eigenvalue weighted by atomic mass is 10.1. The number of nitrogens with one attached hydrogen (secondary N) is 1. The minimum absolute atomic E-state index is 0.407. The smallest absolute Gasteiger partial charge is 0.211 e. The first-order valence-corrected chi connectivity index (χ1v) is 10.3. The lowest BCUT2D eigenvalue weighted by molar-refractivity contribution is 0.111. The predicted molar refractivity (Wildman–Crippen MR) is 114 cm³/mol. The number of rotatable bonds is 7. The van der Waals surface area contributed by atoms with E-state index >= 15 is 0 Å². The normalized spacial score (nSPS) is 10.8. The fourth-order valence-electron chi connectivity index (χ4n) is 2.73. The molecule has 0 unspecified atom stereocenters. The number of benzene rings is 2. The SMILES string of the molecule is NSc1ccc(CNc2cn(-c3nc(C=O)cs3)nc2-c2ccccc2)cc1. The number of hydrogen-bond donors (Lipinski definition) is 2. The van der Waals surface area contributed by atoms with Crippen molar-refractivity contribution in [3.05, 3.63) is 77.4 Å². The summed E-state index contributed by atoms with van der Waals surface area (Å²) in [5.41, 5.74) is 4.28. The number of anilines is 1. The van der Waals surface area contributed by atoms with E-state index in [9.17, 15) is 4.79 Å². The fourth-order valence-corrected chi connectivity index (χ4v) is 3.72. The van der Waals surface area contributed by atoms with E-state index in [0.29, 0.717) is 17.4 Å². The molecule has 2 aromatic heterocycles. The van der Waals surface area contributed by atoms with Gasteiger partial charge in [0.2, 0.25) is 5.13 Å². The van der Waals surface area contributed by atoms with Crippen molar-refractivity contribution in [1.82, 2.24) is 14.8 Å². The zero-order chi connectivity index (χ0) is 19.3. The first-order chi connectivity index (χ1) is 13.8. The molecule has 28 heavy (non-hydrogen) atoms. The summed E-state index contributed by atoms with van der Waals surface area (Å²) < 4.78 is 1.70. The van der Waals surface area contributed by atoms with Gasteiger partial charge in [0.05, 0.1) is 11.9 Å². The highest BCUT2D eigenvalue weighted by Crippen LogP contribution is 2.29. The molecule has 4 aromatic rings. The molecule has 0 aliphatic heterocycles. The first kappa shape index (κ1) is 18.4. The van der Waals surface area contributed by atoms with Crippen LogP contribution in [0.5, 0.6) is 0 Å². The molecule has 6 nitrogen and oxygen atoms in total. The van der Waals surface area contributed by atoms with Crippen LogP contribution in [-0.4, -0.2) is 21.1 Å². The van der Waals surface area contributed by atoms with Crippen LogP contribution in [-0.2, 0) is 6.54 Å². The zero-order valence-electron chi connectivity index (χ0n) is 14.8. The molecular weight excluding hydrogens is 390 g/mol. The summed E-state index contributed by atoms with van der Waals surface area (Å²) >= 11 is 2.61. The average molecular weight is 408 g/mol. The Labute approximate surface area is 170 Å². The summed E-state index contributed by atoms with van der Waals surface area (Å²) in [5, 5.41) is 16.1. The number of aldehydes is 1. The van der Waals surface area contributed by atoms with Crippen molar-refractivity contribution in [1.29, 1.82) is 0 Å². The highest BCUT2D eigenvalue weighted by molar-refractivity contribution is 7.97. The maximum absolute atomic E-state index is 10.9. The lowest BCUT2D eigenvalue weighted by Gasteiger charge is -2.07. The van der Waals surface area contributed by atoms with E-state index in [-0.39, 0.29) is 0 Å². The largest absolute Gasteiger partial charge is 0.378 e. The number of aromatic nitrogens is 3. The Bertz CT molecular complexity index is 1070. The van der Waals surface area contributed by atoms with Crippen LogP contribution >= 0.6 is 23.3 Å². The van der Waals surface area contributed by atoms with E-state index in [1.54, 1.807) is 10.1 Å². The van der Waals surface area contributed by atoms with Gasteiger partial charge in [-0.2, -0.15) is 5.10 Å². The van der Waals surface area contributed by atoms with Crippen LogP contribution in [0.2, 0.25) is 0 Å².